The van der Waals surface area contributed by atoms with Crippen molar-refractivity contribution in [3.63, 3.8) is 0 Å². The van der Waals surface area contributed by atoms with Crippen molar-refractivity contribution in [3.8, 4) is 0 Å². The molecule has 1 heterocycles. The van der Waals surface area contributed by atoms with Crippen molar-refractivity contribution >= 4 is 29.4 Å². The van der Waals surface area contributed by atoms with Gasteiger partial charge in [0, 0.05) is 6.04 Å². The van der Waals surface area contributed by atoms with Gasteiger partial charge in [-0.2, -0.15) is 0 Å². The number of hydrogen-bond acceptors (Lipinski definition) is 5. The van der Waals surface area contributed by atoms with Crippen LogP contribution >= 0.6 is 0 Å². The monoisotopic (exact) mass is 420 g/mol. The molecule has 1 saturated carbocycles. The first kappa shape index (κ1) is 20.8. The first-order valence-corrected chi connectivity index (χ1v) is 10.5. The van der Waals surface area contributed by atoms with Crippen LogP contribution in [0.2, 0.25) is 0 Å². The normalized spacial score (nSPS) is 20.4. The van der Waals surface area contributed by atoms with Gasteiger partial charge in [0.05, 0.1) is 22.4 Å². The highest BCUT2D eigenvalue weighted by molar-refractivity contribution is 6.34. The van der Waals surface area contributed by atoms with E-state index in [1.54, 1.807) is 36.4 Å². The first-order valence-electron chi connectivity index (χ1n) is 10.5. The zero-order valence-electron chi connectivity index (χ0n) is 17.3. The maximum atomic E-state index is 12.7. The van der Waals surface area contributed by atoms with E-state index in [1.807, 2.05) is 0 Å². The third-order valence-electron chi connectivity index (χ3n) is 5.93. The van der Waals surface area contributed by atoms with Crippen LogP contribution in [0, 0.1) is 5.92 Å². The van der Waals surface area contributed by atoms with Gasteiger partial charge in [-0.1, -0.05) is 38.0 Å². The predicted octanol–water partition coefficient (Wildman–Crippen LogP) is 3.34. The molecule has 3 amide bonds. The highest BCUT2D eigenvalue weighted by atomic mass is 16.5. The van der Waals surface area contributed by atoms with Crippen molar-refractivity contribution in [2.24, 2.45) is 5.92 Å². The molecule has 0 unspecified atom stereocenters. The molecule has 7 nitrogen and oxygen atoms in total. The Hall–Kier alpha value is -3.48. The SMILES string of the molecule is C[C@@H]1CCCC[C@H]1NC(=O)COC(=O)c1cccc(N2C(=O)c3ccccc3C2=O)c1. The quantitative estimate of drug-likeness (QED) is 0.592. The molecule has 0 spiro atoms. The minimum atomic E-state index is -0.690. The molecule has 0 radical (unpaired) electrons. The highest BCUT2D eigenvalue weighted by Gasteiger charge is 2.36. The third kappa shape index (κ3) is 4.21. The van der Waals surface area contributed by atoms with E-state index in [9.17, 15) is 19.2 Å². The second-order valence-electron chi connectivity index (χ2n) is 8.05. The van der Waals surface area contributed by atoms with Gasteiger partial charge in [-0.25, -0.2) is 9.69 Å². The van der Waals surface area contributed by atoms with Gasteiger partial charge in [0.15, 0.2) is 6.61 Å². The molecule has 2 aliphatic rings. The Morgan fingerprint density at radius 1 is 1.00 bits per heavy atom. The zero-order chi connectivity index (χ0) is 22.0. The maximum Gasteiger partial charge on any atom is 0.338 e. The standard InChI is InChI=1S/C24H24N2O5/c1-15-7-2-5-12-20(15)25-21(27)14-31-24(30)16-8-6-9-17(13-16)26-22(28)18-10-3-4-11-19(18)23(26)29/h3-4,6,8-11,13,15,20H,2,5,7,12,14H2,1H3,(H,25,27)/t15-,20-/m1/s1. The first-order chi connectivity index (χ1) is 15.0. The maximum absolute atomic E-state index is 12.7. The Labute approximate surface area is 180 Å². The lowest BCUT2D eigenvalue weighted by Gasteiger charge is -2.29. The second-order valence-corrected chi connectivity index (χ2v) is 8.05. The Morgan fingerprint density at radius 3 is 2.35 bits per heavy atom. The topological polar surface area (TPSA) is 92.8 Å². The fraction of sp³-hybridized carbons (Fsp3) is 0.333. The van der Waals surface area contributed by atoms with E-state index in [-0.39, 0.29) is 29.8 Å². The Balaban J connectivity index is 1.40. The summed E-state index contributed by atoms with van der Waals surface area (Å²) in [6.45, 7) is 1.74. The van der Waals surface area contributed by atoms with Gasteiger partial charge in [0.1, 0.15) is 0 Å². The molecule has 7 heteroatoms. The molecule has 2 atom stereocenters. The molecule has 160 valence electrons. The number of carbonyl (C=O) groups is 4. The van der Waals surface area contributed by atoms with Gasteiger partial charge in [0.25, 0.3) is 17.7 Å². The summed E-state index contributed by atoms with van der Waals surface area (Å²) < 4.78 is 5.16. The van der Waals surface area contributed by atoms with Gasteiger partial charge in [0.2, 0.25) is 0 Å². The van der Waals surface area contributed by atoms with Crippen LogP contribution in [0.1, 0.15) is 63.7 Å². The number of anilines is 1. The van der Waals surface area contributed by atoms with Gasteiger partial charge in [-0.05, 0) is 49.1 Å². The number of rotatable bonds is 5. The molecule has 1 aliphatic carbocycles. The number of carbonyl (C=O) groups excluding carboxylic acids is 4. The van der Waals surface area contributed by atoms with Crippen LogP contribution in [0.5, 0.6) is 0 Å². The van der Waals surface area contributed by atoms with Crippen LogP contribution in [0.4, 0.5) is 5.69 Å². The number of esters is 1. The number of nitrogens with zero attached hydrogens (tertiary/aromatic N) is 1. The molecule has 1 fully saturated rings. The second kappa shape index (κ2) is 8.71. The van der Waals surface area contributed by atoms with Gasteiger partial charge in [-0.15, -0.1) is 0 Å². The van der Waals surface area contributed by atoms with Crippen molar-refractivity contribution < 1.29 is 23.9 Å². The molecule has 0 aromatic heterocycles. The molecule has 31 heavy (non-hydrogen) atoms. The molecule has 2 aromatic rings. The van der Waals surface area contributed by atoms with Gasteiger partial charge >= 0.3 is 5.97 Å². The van der Waals surface area contributed by atoms with Gasteiger partial charge < -0.3 is 10.1 Å². The number of hydrogen-bond donors (Lipinski definition) is 1. The van der Waals surface area contributed by atoms with Crippen molar-refractivity contribution in [2.45, 2.75) is 38.6 Å². The van der Waals surface area contributed by atoms with Crippen LogP contribution in [0.3, 0.4) is 0 Å². The number of nitrogens with one attached hydrogen (secondary N) is 1. The lowest BCUT2D eigenvalue weighted by atomic mass is 9.86. The molecular weight excluding hydrogens is 396 g/mol. The van der Waals surface area contributed by atoms with Crippen molar-refractivity contribution in [3.05, 3.63) is 65.2 Å². The minimum absolute atomic E-state index is 0.108. The lowest BCUT2D eigenvalue weighted by molar-refractivity contribution is -0.125. The van der Waals surface area contributed by atoms with Crippen LogP contribution in [-0.4, -0.2) is 36.3 Å². The van der Waals surface area contributed by atoms with E-state index in [0.717, 1.165) is 24.2 Å². The van der Waals surface area contributed by atoms with Crippen molar-refractivity contribution in [2.75, 3.05) is 11.5 Å². The zero-order valence-corrected chi connectivity index (χ0v) is 17.3. The van der Waals surface area contributed by atoms with E-state index in [4.69, 9.17) is 4.74 Å². The Kier molecular flexibility index (Phi) is 5.84. The summed E-state index contributed by atoms with van der Waals surface area (Å²) in [6, 6.07) is 12.8. The largest absolute Gasteiger partial charge is 0.452 e. The summed E-state index contributed by atoms with van der Waals surface area (Å²) in [5.41, 5.74) is 1.09. The summed E-state index contributed by atoms with van der Waals surface area (Å²) in [6.07, 6.45) is 4.27. The van der Waals surface area contributed by atoms with Crippen LogP contribution in [0.15, 0.2) is 48.5 Å². The van der Waals surface area contributed by atoms with Crippen molar-refractivity contribution in [1.29, 1.82) is 0 Å². The van der Waals surface area contributed by atoms with E-state index >= 15 is 0 Å². The minimum Gasteiger partial charge on any atom is -0.452 e. The van der Waals surface area contributed by atoms with E-state index in [1.165, 1.54) is 18.6 Å². The van der Waals surface area contributed by atoms with E-state index in [0.29, 0.717) is 17.0 Å². The summed E-state index contributed by atoms with van der Waals surface area (Å²) in [5, 5.41) is 2.94. The van der Waals surface area contributed by atoms with Gasteiger partial charge in [-0.3, -0.25) is 14.4 Å². The molecule has 2 aromatic carbocycles. The van der Waals surface area contributed by atoms with Crippen LogP contribution < -0.4 is 10.2 Å². The predicted molar refractivity (Wildman–Crippen MR) is 114 cm³/mol. The Morgan fingerprint density at radius 2 is 1.68 bits per heavy atom. The third-order valence-corrected chi connectivity index (χ3v) is 5.93. The van der Waals surface area contributed by atoms with Crippen LogP contribution in [-0.2, 0) is 9.53 Å². The number of imide groups is 1. The lowest BCUT2D eigenvalue weighted by Crippen LogP contribution is -2.42. The fourth-order valence-electron chi connectivity index (χ4n) is 4.19. The highest BCUT2D eigenvalue weighted by Crippen LogP contribution is 2.29. The average molecular weight is 420 g/mol. The summed E-state index contributed by atoms with van der Waals surface area (Å²) in [7, 11) is 0. The number of ether oxygens (including phenoxy) is 1. The van der Waals surface area contributed by atoms with Crippen LogP contribution in [0.25, 0.3) is 0 Å². The van der Waals surface area contributed by atoms with Crippen molar-refractivity contribution in [1.82, 2.24) is 5.32 Å². The Bertz CT molecular complexity index is 1010. The number of benzene rings is 2. The average Bonchev–Trinajstić information content (AvgIpc) is 3.04. The molecule has 0 saturated heterocycles. The summed E-state index contributed by atoms with van der Waals surface area (Å²) in [5.74, 6) is -1.49. The summed E-state index contributed by atoms with van der Waals surface area (Å²) >= 11 is 0. The fourth-order valence-corrected chi connectivity index (χ4v) is 4.19. The number of fused-ring (bicyclic) bond motifs is 1. The summed E-state index contributed by atoms with van der Waals surface area (Å²) in [4.78, 5) is 51.0. The molecule has 1 N–H and O–H groups in total. The molecule has 1 aliphatic heterocycles. The molecule has 4 rings (SSSR count). The smallest absolute Gasteiger partial charge is 0.338 e. The number of amides is 3. The molecule has 0 bridgehead atoms. The molecular formula is C24H24N2O5. The van der Waals surface area contributed by atoms with E-state index in [2.05, 4.69) is 12.2 Å². The van der Waals surface area contributed by atoms with E-state index < -0.39 is 17.8 Å².